The SMILES string of the molecule is [N-]=[N+]=NCC(=O)NC(COCc1cccc(OCC(O)CO)c1)C(=O)O. The van der Waals surface area contributed by atoms with Crippen LogP contribution in [0, 0.1) is 0 Å². The van der Waals surface area contributed by atoms with Crippen LogP contribution in [0.1, 0.15) is 5.56 Å². The molecule has 1 aromatic carbocycles. The molecule has 11 heteroatoms. The zero-order valence-corrected chi connectivity index (χ0v) is 13.8. The number of azide groups is 1. The molecular formula is C15H20N4O7. The van der Waals surface area contributed by atoms with Crippen molar-refractivity contribution in [2.75, 3.05) is 26.4 Å². The average molecular weight is 368 g/mol. The number of rotatable bonds is 12. The molecule has 0 fully saturated rings. The molecule has 0 aliphatic rings. The van der Waals surface area contributed by atoms with E-state index in [0.717, 1.165) is 0 Å². The Hall–Kier alpha value is -2.85. The molecule has 11 nitrogen and oxygen atoms in total. The van der Waals surface area contributed by atoms with Crippen molar-refractivity contribution < 1.29 is 34.4 Å². The van der Waals surface area contributed by atoms with Gasteiger partial charge >= 0.3 is 5.97 Å². The van der Waals surface area contributed by atoms with Gasteiger partial charge in [-0.3, -0.25) is 4.79 Å². The number of aliphatic carboxylic acids is 1. The van der Waals surface area contributed by atoms with E-state index in [-0.39, 0.29) is 19.8 Å². The summed E-state index contributed by atoms with van der Waals surface area (Å²) in [7, 11) is 0. The fourth-order valence-corrected chi connectivity index (χ4v) is 1.78. The quantitative estimate of drug-likeness (QED) is 0.225. The minimum atomic E-state index is -1.28. The molecule has 0 saturated heterocycles. The second-order valence-corrected chi connectivity index (χ2v) is 5.16. The largest absolute Gasteiger partial charge is 0.491 e. The smallest absolute Gasteiger partial charge is 0.328 e. The van der Waals surface area contributed by atoms with Crippen LogP contribution in [0.25, 0.3) is 10.4 Å². The van der Waals surface area contributed by atoms with Crippen LogP contribution in [-0.4, -0.2) is 65.7 Å². The lowest BCUT2D eigenvalue weighted by Gasteiger charge is -2.15. The molecule has 142 valence electrons. The highest BCUT2D eigenvalue weighted by Crippen LogP contribution is 2.14. The topological polar surface area (TPSA) is 174 Å². The van der Waals surface area contributed by atoms with E-state index in [9.17, 15) is 14.7 Å². The van der Waals surface area contributed by atoms with Crippen molar-refractivity contribution in [3.05, 3.63) is 40.3 Å². The van der Waals surface area contributed by atoms with E-state index in [1.807, 2.05) is 0 Å². The van der Waals surface area contributed by atoms with Gasteiger partial charge in [0.15, 0.2) is 6.04 Å². The van der Waals surface area contributed by atoms with Gasteiger partial charge in [-0.2, -0.15) is 0 Å². The number of carboxylic acids is 1. The summed E-state index contributed by atoms with van der Waals surface area (Å²) in [6, 6.07) is 5.43. The predicted octanol–water partition coefficient (Wildman–Crippen LogP) is -0.185. The lowest BCUT2D eigenvalue weighted by Crippen LogP contribution is -2.44. The Morgan fingerprint density at radius 3 is 2.77 bits per heavy atom. The molecule has 0 radical (unpaired) electrons. The second kappa shape index (κ2) is 11.7. The predicted molar refractivity (Wildman–Crippen MR) is 88.3 cm³/mol. The normalized spacial score (nSPS) is 12.5. The van der Waals surface area contributed by atoms with Gasteiger partial charge in [0.1, 0.15) is 25.0 Å². The third kappa shape index (κ3) is 8.31. The number of nitrogens with one attached hydrogen (secondary N) is 1. The Morgan fingerprint density at radius 1 is 1.35 bits per heavy atom. The van der Waals surface area contributed by atoms with Gasteiger partial charge in [-0.25, -0.2) is 4.79 Å². The zero-order valence-electron chi connectivity index (χ0n) is 13.8. The highest BCUT2D eigenvalue weighted by molar-refractivity contribution is 5.84. The third-order valence-corrected chi connectivity index (χ3v) is 3.02. The van der Waals surface area contributed by atoms with Crippen LogP contribution in [0.4, 0.5) is 0 Å². The number of carboxylic acid groups (broad SMARTS) is 1. The highest BCUT2D eigenvalue weighted by atomic mass is 16.5. The van der Waals surface area contributed by atoms with Crippen molar-refractivity contribution in [3.63, 3.8) is 0 Å². The molecule has 1 aromatic rings. The third-order valence-electron chi connectivity index (χ3n) is 3.02. The van der Waals surface area contributed by atoms with Gasteiger partial charge in [-0.15, -0.1) is 0 Å². The summed E-state index contributed by atoms with van der Waals surface area (Å²) in [6.07, 6.45) is -0.986. The van der Waals surface area contributed by atoms with Gasteiger partial charge in [0.2, 0.25) is 5.91 Å². The molecule has 1 amide bonds. The van der Waals surface area contributed by atoms with Crippen LogP contribution < -0.4 is 10.1 Å². The minimum Gasteiger partial charge on any atom is -0.491 e. The summed E-state index contributed by atoms with van der Waals surface area (Å²) in [4.78, 5) is 24.9. The number of aliphatic hydroxyl groups is 2. The highest BCUT2D eigenvalue weighted by Gasteiger charge is 2.19. The van der Waals surface area contributed by atoms with E-state index in [1.54, 1.807) is 24.3 Å². The fourth-order valence-electron chi connectivity index (χ4n) is 1.78. The first-order valence-electron chi connectivity index (χ1n) is 7.57. The summed E-state index contributed by atoms with van der Waals surface area (Å²) in [5.41, 5.74) is 8.82. The molecule has 0 heterocycles. The minimum absolute atomic E-state index is 0.0652. The molecule has 1 rings (SSSR count). The Kier molecular flexibility index (Phi) is 9.50. The lowest BCUT2D eigenvalue weighted by atomic mass is 10.2. The van der Waals surface area contributed by atoms with Crippen LogP contribution >= 0.6 is 0 Å². The first-order valence-corrected chi connectivity index (χ1v) is 7.57. The Bertz CT molecular complexity index is 649. The van der Waals surface area contributed by atoms with Crippen molar-refractivity contribution in [2.45, 2.75) is 18.8 Å². The molecule has 2 atom stereocenters. The first-order chi connectivity index (χ1) is 12.5. The Labute approximate surface area is 148 Å². The lowest BCUT2D eigenvalue weighted by molar-refractivity contribution is -0.143. The monoisotopic (exact) mass is 368 g/mol. The molecule has 0 bridgehead atoms. The van der Waals surface area contributed by atoms with E-state index in [0.29, 0.717) is 11.3 Å². The molecule has 0 aliphatic carbocycles. The maximum Gasteiger partial charge on any atom is 0.328 e. The summed E-state index contributed by atoms with van der Waals surface area (Å²) in [5.74, 6) is -1.55. The van der Waals surface area contributed by atoms with Gasteiger partial charge in [0.25, 0.3) is 0 Å². The molecule has 0 aromatic heterocycles. The molecule has 0 saturated carbocycles. The van der Waals surface area contributed by atoms with Gasteiger partial charge < -0.3 is 30.1 Å². The van der Waals surface area contributed by atoms with E-state index in [2.05, 4.69) is 15.3 Å². The van der Waals surface area contributed by atoms with E-state index in [1.165, 1.54) is 0 Å². The van der Waals surface area contributed by atoms with Gasteiger partial charge in [0, 0.05) is 4.91 Å². The Morgan fingerprint density at radius 2 is 2.12 bits per heavy atom. The van der Waals surface area contributed by atoms with Gasteiger partial charge in [0.05, 0.1) is 19.8 Å². The summed E-state index contributed by atoms with van der Waals surface area (Å²) in [6.45, 7) is -1.20. The number of benzene rings is 1. The zero-order chi connectivity index (χ0) is 19.4. The van der Waals surface area contributed by atoms with Crippen LogP contribution in [0.2, 0.25) is 0 Å². The van der Waals surface area contributed by atoms with Crippen LogP contribution in [0.3, 0.4) is 0 Å². The van der Waals surface area contributed by atoms with E-state index >= 15 is 0 Å². The standard InChI is InChI=1S/C15H20N4O7/c16-19-17-5-14(22)18-13(15(23)24)9-25-7-10-2-1-3-12(4-10)26-8-11(21)6-20/h1-4,11,13,20-21H,5-9H2,(H,18,22)(H,23,24). The van der Waals surface area contributed by atoms with Gasteiger partial charge in [-0.1, -0.05) is 17.2 Å². The first kappa shape index (κ1) is 21.2. The number of carbonyl (C=O) groups is 2. The van der Waals surface area contributed by atoms with E-state index in [4.69, 9.17) is 25.2 Å². The number of amides is 1. The molecule has 26 heavy (non-hydrogen) atoms. The van der Waals surface area contributed by atoms with Crippen molar-refractivity contribution >= 4 is 11.9 Å². The fraction of sp³-hybridized carbons (Fsp3) is 0.467. The van der Waals surface area contributed by atoms with Crippen molar-refractivity contribution in [2.24, 2.45) is 5.11 Å². The molecule has 0 spiro atoms. The average Bonchev–Trinajstić information content (AvgIpc) is 2.63. The molecular weight excluding hydrogens is 348 g/mol. The van der Waals surface area contributed by atoms with Crippen molar-refractivity contribution in [1.82, 2.24) is 5.32 Å². The second-order valence-electron chi connectivity index (χ2n) is 5.16. The summed E-state index contributed by atoms with van der Waals surface area (Å²) in [5, 5.41) is 32.3. The summed E-state index contributed by atoms with van der Waals surface area (Å²) < 4.78 is 10.6. The number of hydrogen-bond acceptors (Lipinski definition) is 7. The number of nitrogens with zero attached hydrogens (tertiary/aromatic N) is 3. The number of carbonyl (C=O) groups excluding carboxylic acids is 1. The molecule has 0 aliphatic heterocycles. The van der Waals surface area contributed by atoms with Crippen molar-refractivity contribution in [1.29, 1.82) is 0 Å². The molecule has 4 N–H and O–H groups in total. The van der Waals surface area contributed by atoms with E-state index < -0.39 is 37.2 Å². The number of hydrogen-bond donors (Lipinski definition) is 4. The maximum atomic E-state index is 11.4. The maximum absolute atomic E-state index is 11.4. The van der Waals surface area contributed by atoms with Crippen LogP contribution in [-0.2, 0) is 20.9 Å². The number of aliphatic hydroxyl groups excluding tert-OH is 2. The molecule has 2 unspecified atom stereocenters. The van der Waals surface area contributed by atoms with Crippen LogP contribution in [0.15, 0.2) is 29.4 Å². The van der Waals surface area contributed by atoms with Crippen molar-refractivity contribution in [3.8, 4) is 5.75 Å². The summed E-state index contributed by atoms with van der Waals surface area (Å²) >= 11 is 0. The van der Waals surface area contributed by atoms with Crippen LogP contribution in [0.5, 0.6) is 5.75 Å². The Balaban J connectivity index is 2.50. The number of ether oxygens (including phenoxy) is 2. The van der Waals surface area contributed by atoms with Gasteiger partial charge in [-0.05, 0) is 23.2 Å².